The summed E-state index contributed by atoms with van der Waals surface area (Å²) in [5, 5.41) is 118. The first-order valence-electron chi connectivity index (χ1n) is 19.9. The third-order valence-electron chi connectivity index (χ3n) is 11.3. The Balaban J connectivity index is 1.51. The molecule has 10 unspecified atom stereocenters. The average molecular weight is 863 g/mol. The van der Waals surface area contributed by atoms with Crippen molar-refractivity contribution in [1.82, 2.24) is 0 Å². The molecule has 0 bridgehead atoms. The summed E-state index contributed by atoms with van der Waals surface area (Å²) in [5.41, 5.74) is 0. The minimum Gasteiger partial charge on any atom is -0.454 e. The Hall–Kier alpha value is -1.37. The standard InChI is InChI=1S/C36H62O23/c1-7-8-49-34-30(53-15(6)39)27(20(42)13(4)50-34)57-35-29(25(47)19(41)12(3)51-35)58-36-31(59-32-11(2)18(40)22(44)16(9-37)54-32)28(21(43)14(5)52-36)56-33-26(48)24(46)23(45)17(10-38)55-33/h11-14,16-38,40-48H,7-10H2,1-6H3/t11-,12?,13?,14?,16?,17-,18?,19-,20-,21-,22+,23+,24?,25?,26?,27?,28?,29-,30-,31-,32-,33+,34+,35-,36-/m0/s1. The van der Waals surface area contributed by atoms with Crippen LogP contribution in [0.15, 0.2) is 0 Å². The number of hydrogen-bond donors (Lipinski definition) is 11. The SMILES string of the molecule is CCCO[C@@H]1OC(C)[C@H](O)C(O[C@@H]2OC(C)[C@H](O)C(O)[C@@H]2O[C@@H]2OC(C)[C@H](O)C(O[C@H]3O[C@@H](CO)[C@@H](O)C(O)C3O)[C@@H]2O[C@@H]2OC(CO)[C@@H](O)C(O)[C@@H]2C)[C@@H]1OC(C)=O. The first-order valence-corrected chi connectivity index (χ1v) is 19.9. The Morgan fingerprint density at radius 2 is 0.932 bits per heavy atom. The molecule has 23 nitrogen and oxygen atoms in total. The Bertz CT molecular complexity index is 1310. The van der Waals surface area contributed by atoms with Crippen molar-refractivity contribution < 1.29 is 113 Å². The van der Waals surface area contributed by atoms with Crippen LogP contribution in [0, 0.1) is 5.92 Å². The molecule has 5 fully saturated rings. The molecule has 0 aromatic heterocycles. The van der Waals surface area contributed by atoms with Crippen LogP contribution in [-0.2, 0) is 56.9 Å². The number of carbonyl (C=O) groups excluding carboxylic acids is 1. The van der Waals surface area contributed by atoms with Gasteiger partial charge in [-0.1, -0.05) is 13.8 Å². The second-order valence-corrected chi connectivity index (χ2v) is 15.7. The van der Waals surface area contributed by atoms with Gasteiger partial charge in [0.1, 0.15) is 85.5 Å². The van der Waals surface area contributed by atoms with Gasteiger partial charge in [0.15, 0.2) is 37.6 Å². The molecule has 5 heterocycles. The van der Waals surface area contributed by atoms with Gasteiger partial charge in [-0.2, -0.15) is 0 Å². The van der Waals surface area contributed by atoms with Gasteiger partial charge in [0, 0.05) is 19.4 Å². The molecule has 11 N–H and O–H groups in total. The number of aliphatic hydroxyl groups is 11. The fourth-order valence-corrected chi connectivity index (χ4v) is 7.65. The molecule has 59 heavy (non-hydrogen) atoms. The number of aliphatic hydroxyl groups excluding tert-OH is 11. The molecule has 0 aromatic carbocycles. The Morgan fingerprint density at radius 3 is 1.49 bits per heavy atom. The maximum absolute atomic E-state index is 12.3. The van der Waals surface area contributed by atoms with E-state index in [-0.39, 0.29) is 6.61 Å². The van der Waals surface area contributed by atoms with Gasteiger partial charge in [-0.25, -0.2) is 0 Å². The van der Waals surface area contributed by atoms with E-state index in [4.69, 9.17) is 52.1 Å². The number of carbonyl (C=O) groups is 1. The predicted molar refractivity (Wildman–Crippen MR) is 189 cm³/mol. The van der Waals surface area contributed by atoms with Gasteiger partial charge in [0.25, 0.3) is 0 Å². The quantitative estimate of drug-likeness (QED) is 0.0726. The monoisotopic (exact) mass is 862 g/mol. The number of esters is 1. The summed E-state index contributed by atoms with van der Waals surface area (Å²) in [4.78, 5) is 12.3. The highest BCUT2D eigenvalue weighted by molar-refractivity contribution is 5.66. The summed E-state index contributed by atoms with van der Waals surface area (Å²) in [7, 11) is 0. The lowest BCUT2D eigenvalue weighted by Gasteiger charge is -2.51. The maximum atomic E-state index is 12.3. The van der Waals surface area contributed by atoms with Crippen molar-refractivity contribution in [2.24, 2.45) is 5.92 Å². The topological polar surface area (TPSA) is 341 Å². The zero-order chi connectivity index (χ0) is 43.6. The van der Waals surface area contributed by atoms with Crippen LogP contribution in [-0.4, -0.2) is 229 Å². The van der Waals surface area contributed by atoms with Crippen molar-refractivity contribution in [3.8, 4) is 0 Å². The lowest BCUT2D eigenvalue weighted by Crippen LogP contribution is -2.68. The first-order chi connectivity index (χ1) is 27.8. The number of ether oxygens (including phenoxy) is 11. The zero-order valence-corrected chi connectivity index (χ0v) is 33.6. The number of hydrogen-bond acceptors (Lipinski definition) is 23. The van der Waals surface area contributed by atoms with E-state index in [1.807, 2.05) is 6.92 Å². The summed E-state index contributed by atoms with van der Waals surface area (Å²) in [6.07, 6.45) is -36.9. The van der Waals surface area contributed by atoms with Gasteiger partial charge in [-0.3, -0.25) is 4.79 Å². The summed E-state index contributed by atoms with van der Waals surface area (Å²) in [5.74, 6) is -1.81. The van der Waals surface area contributed by atoms with Gasteiger partial charge in [-0.15, -0.1) is 0 Å². The van der Waals surface area contributed by atoms with Gasteiger partial charge in [-0.05, 0) is 27.2 Å². The Labute approximate surface area is 340 Å². The molecule has 5 saturated heterocycles. The van der Waals surface area contributed by atoms with Gasteiger partial charge in [0.05, 0.1) is 37.6 Å². The largest absolute Gasteiger partial charge is 0.454 e. The lowest BCUT2D eigenvalue weighted by atomic mass is 9.92. The Morgan fingerprint density at radius 1 is 0.475 bits per heavy atom. The molecule has 0 amide bonds. The molecule has 0 spiro atoms. The molecule has 344 valence electrons. The smallest absolute Gasteiger partial charge is 0.303 e. The van der Waals surface area contributed by atoms with E-state index < -0.39 is 173 Å². The van der Waals surface area contributed by atoms with E-state index in [1.54, 1.807) is 0 Å². The molecule has 25 atom stereocenters. The maximum Gasteiger partial charge on any atom is 0.303 e. The number of rotatable bonds is 14. The van der Waals surface area contributed by atoms with Crippen LogP contribution >= 0.6 is 0 Å². The minimum absolute atomic E-state index is 0.181. The first kappa shape index (κ1) is 48.7. The van der Waals surface area contributed by atoms with E-state index in [2.05, 4.69) is 0 Å². The summed E-state index contributed by atoms with van der Waals surface area (Å²) in [6.45, 7) is 7.35. The van der Waals surface area contributed by atoms with Crippen molar-refractivity contribution in [1.29, 1.82) is 0 Å². The van der Waals surface area contributed by atoms with Crippen LogP contribution < -0.4 is 0 Å². The van der Waals surface area contributed by atoms with Crippen molar-refractivity contribution in [2.75, 3.05) is 19.8 Å². The van der Waals surface area contributed by atoms with Crippen LogP contribution in [0.25, 0.3) is 0 Å². The van der Waals surface area contributed by atoms with Crippen molar-refractivity contribution in [3.63, 3.8) is 0 Å². The van der Waals surface area contributed by atoms with Crippen molar-refractivity contribution >= 4 is 5.97 Å². The third-order valence-corrected chi connectivity index (χ3v) is 11.3. The third kappa shape index (κ3) is 10.5. The lowest BCUT2D eigenvalue weighted by molar-refractivity contribution is -0.410. The van der Waals surface area contributed by atoms with E-state index in [0.717, 1.165) is 6.92 Å². The fraction of sp³-hybridized carbons (Fsp3) is 0.972. The normalized spacial score (nSPS) is 51.0. The minimum atomic E-state index is -1.95. The summed E-state index contributed by atoms with van der Waals surface area (Å²) >= 11 is 0. The molecule has 0 aromatic rings. The molecule has 23 heteroatoms. The molecule has 0 radical (unpaired) electrons. The predicted octanol–water partition coefficient (Wildman–Crippen LogP) is -5.56. The molecule has 5 rings (SSSR count). The van der Waals surface area contributed by atoms with Gasteiger partial charge < -0.3 is 108 Å². The van der Waals surface area contributed by atoms with Crippen molar-refractivity contribution in [3.05, 3.63) is 0 Å². The van der Waals surface area contributed by atoms with Crippen LogP contribution in [0.2, 0.25) is 0 Å². The second kappa shape index (κ2) is 20.9. The molecule has 0 aliphatic carbocycles. The highest BCUT2D eigenvalue weighted by Gasteiger charge is 2.57. The van der Waals surface area contributed by atoms with Crippen LogP contribution in [0.5, 0.6) is 0 Å². The molecule has 5 aliphatic rings. The summed E-state index contributed by atoms with van der Waals surface area (Å²) in [6, 6.07) is 0. The molecule has 0 saturated carbocycles. The van der Waals surface area contributed by atoms with E-state index >= 15 is 0 Å². The van der Waals surface area contributed by atoms with Crippen molar-refractivity contribution in [2.45, 2.75) is 195 Å². The molecular weight excluding hydrogens is 800 g/mol. The second-order valence-electron chi connectivity index (χ2n) is 15.7. The van der Waals surface area contributed by atoms with E-state index in [0.29, 0.717) is 6.42 Å². The highest BCUT2D eigenvalue weighted by atomic mass is 16.8. The van der Waals surface area contributed by atoms with Crippen LogP contribution in [0.4, 0.5) is 0 Å². The summed E-state index contributed by atoms with van der Waals surface area (Å²) < 4.78 is 65.4. The van der Waals surface area contributed by atoms with Crippen LogP contribution in [0.3, 0.4) is 0 Å². The van der Waals surface area contributed by atoms with E-state index in [1.165, 1.54) is 27.7 Å². The average Bonchev–Trinajstić information content (AvgIpc) is 3.20. The molecular formula is C36H62O23. The highest BCUT2D eigenvalue weighted by Crippen LogP contribution is 2.38. The van der Waals surface area contributed by atoms with E-state index in [9.17, 15) is 61.0 Å². The molecule has 5 aliphatic heterocycles. The van der Waals surface area contributed by atoms with Gasteiger partial charge >= 0.3 is 5.97 Å². The zero-order valence-electron chi connectivity index (χ0n) is 33.6. The fourth-order valence-electron chi connectivity index (χ4n) is 7.65. The van der Waals surface area contributed by atoms with Crippen LogP contribution in [0.1, 0.15) is 48.0 Å². The Kier molecular flexibility index (Phi) is 17.2. The van der Waals surface area contributed by atoms with Gasteiger partial charge in [0.2, 0.25) is 0 Å².